The van der Waals surface area contributed by atoms with Crippen molar-refractivity contribution in [2.75, 3.05) is 44.4 Å². The van der Waals surface area contributed by atoms with Gasteiger partial charge in [-0.15, -0.1) is 0 Å². The molecule has 7 nitrogen and oxygen atoms in total. The monoisotopic (exact) mass is 368 g/mol. The molecule has 1 fully saturated rings. The molecule has 0 N–H and O–H groups in total. The first-order chi connectivity index (χ1) is 13.3. The minimum absolute atomic E-state index is 0.0174. The molecule has 4 rings (SSSR count). The number of morpholine rings is 1. The van der Waals surface area contributed by atoms with E-state index in [9.17, 15) is 4.79 Å². The number of para-hydroxylation sites is 1. The van der Waals surface area contributed by atoms with E-state index in [0.29, 0.717) is 44.2 Å². The Balaban J connectivity index is 1.54. The number of anilines is 1. The smallest absolute Gasteiger partial charge is 0.257 e. The van der Waals surface area contributed by atoms with Crippen LogP contribution in [0.2, 0.25) is 0 Å². The SMILES string of the molecule is CCOc1ccccc1C(=O)N1CCc2cnc(N3CCOCC3)nc2C1. The first-order valence-corrected chi connectivity index (χ1v) is 9.45. The molecular weight excluding hydrogens is 344 g/mol. The van der Waals surface area contributed by atoms with E-state index in [0.717, 1.165) is 36.7 Å². The highest BCUT2D eigenvalue weighted by Crippen LogP contribution is 2.24. The van der Waals surface area contributed by atoms with Gasteiger partial charge >= 0.3 is 0 Å². The molecule has 1 aromatic heterocycles. The molecule has 27 heavy (non-hydrogen) atoms. The molecule has 2 aromatic rings. The molecule has 1 aromatic carbocycles. The lowest BCUT2D eigenvalue weighted by Crippen LogP contribution is -2.39. The third-order valence-electron chi connectivity index (χ3n) is 4.93. The van der Waals surface area contributed by atoms with Gasteiger partial charge in [0.15, 0.2) is 0 Å². The predicted molar refractivity (Wildman–Crippen MR) is 101 cm³/mol. The largest absolute Gasteiger partial charge is 0.493 e. The topological polar surface area (TPSA) is 67.8 Å². The minimum atomic E-state index is -0.0174. The van der Waals surface area contributed by atoms with Crippen LogP contribution >= 0.6 is 0 Å². The van der Waals surface area contributed by atoms with Crippen LogP contribution in [-0.4, -0.2) is 60.2 Å². The van der Waals surface area contributed by atoms with Crippen LogP contribution in [-0.2, 0) is 17.7 Å². The number of carbonyl (C=O) groups is 1. The van der Waals surface area contributed by atoms with Gasteiger partial charge < -0.3 is 19.3 Å². The molecule has 7 heteroatoms. The van der Waals surface area contributed by atoms with Crippen LogP contribution < -0.4 is 9.64 Å². The van der Waals surface area contributed by atoms with E-state index >= 15 is 0 Å². The van der Waals surface area contributed by atoms with Crippen LogP contribution in [0.15, 0.2) is 30.5 Å². The Hall–Kier alpha value is -2.67. The van der Waals surface area contributed by atoms with Gasteiger partial charge in [-0.25, -0.2) is 9.97 Å². The van der Waals surface area contributed by atoms with Crippen LogP contribution in [0.3, 0.4) is 0 Å². The van der Waals surface area contributed by atoms with Gasteiger partial charge in [0, 0.05) is 25.8 Å². The van der Waals surface area contributed by atoms with Crippen LogP contribution in [0.1, 0.15) is 28.5 Å². The zero-order valence-corrected chi connectivity index (χ0v) is 15.6. The third kappa shape index (κ3) is 3.73. The van der Waals surface area contributed by atoms with Crippen molar-refractivity contribution in [1.82, 2.24) is 14.9 Å². The highest BCUT2D eigenvalue weighted by atomic mass is 16.5. The number of hydrogen-bond donors (Lipinski definition) is 0. The molecule has 0 saturated carbocycles. The Bertz CT molecular complexity index is 821. The number of carbonyl (C=O) groups excluding carboxylic acids is 1. The Labute approximate surface area is 158 Å². The average Bonchev–Trinajstić information content (AvgIpc) is 2.74. The number of ether oxygens (including phenoxy) is 2. The van der Waals surface area contributed by atoms with Gasteiger partial charge in [0.2, 0.25) is 5.95 Å². The lowest BCUT2D eigenvalue weighted by molar-refractivity contribution is 0.0727. The standard InChI is InChI=1S/C20H24N4O3/c1-2-27-18-6-4-3-5-16(18)19(25)24-8-7-15-13-21-20(22-17(15)14-24)23-9-11-26-12-10-23/h3-6,13H,2,7-12,14H2,1H3. The van der Waals surface area contributed by atoms with Crippen molar-refractivity contribution in [3.63, 3.8) is 0 Å². The summed E-state index contributed by atoms with van der Waals surface area (Å²) >= 11 is 0. The van der Waals surface area contributed by atoms with Crippen molar-refractivity contribution in [3.8, 4) is 5.75 Å². The van der Waals surface area contributed by atoms with E-state index in [2.05, 4.69) is 9.88 Å². The zero-order chi connectivity index (χ0) is 18.6. The molecule has 142 valence electrons. The molecule has 0 aliphatic carbocycles. The summed E-state index contributed by atoms with van der Waals surface area (Å²) in [6.45, 7) is 6.58. The quantitative estimate of drug-likeness (QED) is 0.821. The summed E-state index contributed by atoms with van der Waals surface area (Å²) < 4.78 is 11.0. The second kappa shape index (κ2) is 7.92. The summed E-state index contributed by atoms with van der Waals surface area (Å²) in [5, 5.41) is 0. The van der Waals surface area contributed by atoms with Crippen molar-refractivity contribution < 1.29 is 14.3 Å². The minimum Gasteiger partial charge on any atom is -0.493 e. The Kier molecular flexibility index (Phi) is 5.20. The molecule has 3 heterocycles. The van der Waals surface area contributed by atoms with Gasteiger partial charge in [0.1, 0.15) is 5.75 Å². The highest BCUT2D eigenvalue weighted by molar-refractivity contribution is 5.97. The summed E-state index contributed by atoms with van der Waals surface area (Å²) in [6.07, 6.45) is 2.67. The molecule has 0 atom stereocenters. The number of rotatable bonds is 4. The van der Waals surface area contributed by atoms with Crippen molar-refractivity contribution in [2.24, 2.45) is 0 Å². The van der Waals surface area contributed by atoms with Gasteiger partial charge in [0.05, 0.1) is 37.6 Å². The van der Waals surface area contributed by atoms with Crippen LogP contribution in [0.4, 0.5) is 5.95 Å². The summed E-state index contributed by atoms with van der Waals surface area (Å²) in [7, 11) is 0. The van der Waals surface area contributed by atoms with E-state index in [1.807, 2.05) is 42.3 Å². The Morgan fingerprint density at radius 1 is 1.22 bits per heavy atom. The van der Waals surface area contributed by atoms with Crippen LogP contribution in [0.5, 0.6) is 5.75 Å². The number of benzene rings is 1. The van der Waals surface area contributed by atoms with Crippen molar-refractivity contribution in [3.05, 3.63) is 47.3 Å². The molecule has 1 amide bonds. The maximum atomic E-state index is 13.1. The molecule has 2 aliphatic rings. The average molecular weight is 368 g/mol. The van der Waals surface area contributed by atoms with E-state index in [1.165, 1.54) is 0 Å². The van der Waals surface area contributed by atoms with Gasteiger partial charge in [-0.3, -0.25) is 4.79 Å². The van der Waals surface area contributed by atoms with E-state index in [1.54, 1.807) is 0 Å². The molecule has 2 aliphatic heterocycles. The van der Waals surface area contributed by atoms with Crippen molar-refractivity contribution in [1.29, 1.82) is 0 Å². The lowest BCUT2D eigenvalue weighted by Gasteiger charge is -2.31. The molecule has 0 radical (unpaired) electrons. The van der Waals surface area contributed by atoms with Gasteiger partial charge in [0.25, 0.3) is 5.91 Å². The summed E-state index contributed by atoms with van der Waals surface area (Å²) in [6, 6.07) is 7.41. The highest BCUT2D eigenvalue weighted by Gasteiger charge is 2.26. The van der Waals surface area contributed by atoms with Crippen molar-refractivity contribution in [2.45, 2.75) is 19.9 Å². The number of nitrogens with zero attached hydrogens (tertiary/aromatic N) is 4. The fourth-order valence-electron chi connectivity index (χ4n) is 3.48. The zero-order valence-electron chi connectivity index (χ0n) is 15.6. The summed E-state index contributed by atoms with van der Waals surface area (Å²) in [4.78, 5) is 26.3. The van der Waals surface area contributed by atoms with Gasteiger partial charge in [-0.05, 0) is 31.0 Å². The molecule has 0 bridgehead atoms. The predicted octanol–water partition coefficient (Wildman–Crippen LogP) is 1.91. The second-order valence-electron chi connectivity index (χ2n) is 6.65. The number of hydrogen-bond acceptors (Lipinski definition) is 6. The molecule has 0 spiro atoms. The first kappa shape index (κ1) is 17.7. The molecule has 1 saturated heterocycles. The fraction of sp³-hybridized carbons (Fsp3) is 0.450. The Morgan fingerprint density at radius 2 is 2.04 bits per heavy atom. The lowest BCUT2D eigenvalue weighted by atomic mass is 10.1. The number of amides is 1. The Morgan fingerprint density at radius 3 is 2.85 bits per heavy atom. The summed E-state index contributed by atoms with van der Waals surface area (Å²) in [5.74, 6) is 1.34. The normalized spacial score (nSPS) is 16.8. The molecular formula is C20H24N4O3. The first-order valence-electron chi connectivity index (χ1n) is 9.45. The second-order valence-corrected chi connectivity index (χ2v) is 6.65. The summed E-state index contributed by atoms with van der Waals surface area (Å²) in [5.41, 5.74) is 2.65. The number of aromatic nitrogens is 2. The third-order valence-corrected chi connectivity index (χ3v) is 4.93. The molecule has 0 unspecified atom stereocenters. The fourth-order valence-corrected chi connectivity index (χ4v) is 3.48. The van der Waals surface area contributed by atoms with Crippen molar-refractivity contribution >= 4 is 11.9 Å². The van der Waals surface area contributed by atoms with Gasteiger partial charge in [-0.1, -0.05) is 12.1 Å². The van der Waals surface area contributed by atoms with E-state index in [4.69, 9.17) is 14.5 Å². The number of fused-ring (bicyclic) bond motifs is 1. The van der Waals surface area contributed by atoms with Gasteiger partial charge in [-0.2, -0.15) is 0 Å². The van der Waals surface area contributed by atoms with E-state index < -0.39 is 0 Å². The maximum absolute atomic E-state index is 13.1. The van der Waals surface area contributed by atoms with E-state index in [-0.39, 0.29) is 5.91 Å². The van der Waals surface area contributed by atoms with Crippen LogP contribution in [0.25, 0.3) is 0 Å². The van der Waals surface area contributed by atoms with Crippen LogP contribution in [0, 0.1) is 0 Å². The maximum Gasteiger partial charge on any atom is 0.257 e.